The summed E-state index contributed by atoms with van der Waals surface area (Å²) in [4.78, 5) is 15.3. The SMILES string of the molecule is COc1cc2c(cc1OC)CN(C(=O)[C@H]1CCO[C@@H]1c1cnn(C)c1C)CC2. The molecule has 7 nitrogen and oxygen atoms in total. The number of amides is 1. The number of hydrogen-bond acceptors (Lipinski definition) is 5. The van der Waals surface area contributed by atoms with Crippen LogP contribution in [0, 0.1) is 12.8 Å². The van der Waals surface area contributed by atoms with E-state index in [-0.39, 0.29) is 17.9 Å². The maximum absolute atomic E-state index is 13.4. The number of carbonyl (C=O) groups excluding carboxylic acids is 1. The van der Waals surface area contributed by atoms with Gasteiger partial charge in [-0.25, -0.2) is 0 Å². The first kappa shape index (κ1) is 18.8. The molecular weight excluding hydrogens is 358 g/mol. The fourth-order valence-corrected chi connectivity index (χ4v) is 4.25. The van der Waals surface area contributed by atoms with Gasteiger partial charge in [-0.1, -0.05) is 0 Å². The van der Waals surface area contributed by atoms with Crippen molar-refractivity contribution in [2.75, 3.05) is 27.4 Å². The molecule has 2 atom stereocenters. The van der Waals surface area contributed by atoms with Crippen molar-refractivity contribution in [3.05, 3.63) is 40.7 Å². The van der Waals surface area contributed by atoms with Crippen molar-refractivity contribution in [1.29, 1.82) is 0 Å². The second-order valence-electron chi connectivity index (χ2n) is 7.48. The summed E-state index contributed by atoms with van der Waals surface area (Å²) in [5.41, 5.74) is 4.39. The van der Waals surface area contributed by atoms with E-state index in [1.165, 1.54) is 5.56 Å². The maximum Gasteiger partial charge on any atom is 0.229 e. The van der Waals surface area contributed by atoms with Gasteiger partial charge >= 0.3 is 0 Å². The minimum atomic E-state index is -0.215. The summed E-state index contributed by atoms with van der Waals surface area (Å²) < 4.78 is 18.6. The van der Waals surface area contributed by atoms with Crippen molar-refractivity contribution in [2.24, 2.45) is 13.0 Å². The van der Waals surface area contributed by atoms with Crippen LogP contribution in [0.1, 0.15) is 34.9 Å². The molecule has 0 saturated carbocycles. The summed E-state index contributed by atoms with van der Waals surface area (Å²) in [7, 11) is 5.18. The Balaban J connectivity index is 1.55. The van der Waals surface area contributed by atoms with Crippen molar-refractivity contribution in [2.45, 2.75) is 32.4 Å². The number of aryl methyl sites for hydroxylation is 1. The van der Waals surface area contributed by atoms with Gasteiger partial charge in [0.25, 0.3) is 0 Å². The van der Waals surface area contributed by atoms with E-state index < -0.39 is 0 Å². The summed E-state index contributed by atoms with van der Waals surface area (Å²) in [5, 5.41) is 4.32. The molecule has 1 amide bonds. The van der Waals surface area contributed by atoms with Crippen LogP contribution in [0.5, 0.6) is 11.5 Å². The van der Waals surface area contributed by atoms with Crippen LogP contribution in [0.15, 0.2) is 18.3 Å². The van der Waals surface area contributed by atoms with Gasteiger partial charge in [0.1, 0.15) is 0 Å². The lowest BCUT2D eigenvalue weighted by atomic mass is 9.92. The Morgan fingerprint density at radius 2 is 1.93 bits per heavy atom. The normalized spacial score (nSPS) is 21.5. The van der Waals surface area contributed by atoms with Gasteiger partial charge in [-0.3, -0.25) is 9.48 Å². The third-order valence-electron chi connectivity index (χ3n) is 6.02. The maximum atomic E-state index is 13.4. The minimum Gasteiger partial charge on any atom is -0.493 e. The van der Waals surface area contributed by atoms with E-state index in [0.29, 0.717) is 25.4 Å². The monoisotopic (exact) mass is 385 g/mol. The average Bonchev–Trinajstić information content (AvgIpc) is 3.32. The van der Waals surface area contributed by atoms with Gasteiger partial charge in [-0.05, 0) is 43.0 Å². The summed E-state index contributed by atoms with van der Waals surface area (Å²) in [6, 6.07) is 4.01. The van der Waals surface area contributed by atoms with Crippen molar-refractivity contribution in [3.63, 3.8) is 0 Å². The lowest BCUT2D eigenvalue weighted by Crippen LogP contribution is -2.40. The number of nitrogens with zero attached hydrogens (tertiary/aromatic N) is 3. The van der Waals surface area contributed by atoms with Crippen LogP contribution < -0.4 is 9.47 Å². The molecule has 0 spiro atoms. The molecule has 0 unspecified atom stereocenters. The fraction of sp³-hybridized carbons (Fsp3) is 0.524. The molecule has 2 aliphatic rings. The number of fused-ring (bicyclic) bond motifs is 1. The molecular formula is C21H27N3O4. The smallest absolute Gasteiger partial charge is 0.229 e. The molecule has 150 valence electrons. The van der Waals surface area contributed by atoms with Gasteiger partial charge < -0.3 is 19.1 Å². The number of benzene rings is 1. The Bertz CT molecular complexity index is 892. The van der Waals surface area contributed by atoms with Gasteiger partial charge in [-0.2, -0.15) is 5.10 Å². The molecule has 0 radical (unpaired) electrons. The minimum absolute atomic E-state index is 0.159. The molecule has 0 N–H and O–H groups in total. The van der Waals surface area contributed by atoms with Crippen LogP contribution >= 0.6 is 0 Å². The van der Waals surface area contributed by atoms with Crippen LogP contribution in [-0.2, 0) is 29.5 Å². The predicted octanol–water partition coefficient (Wildman–Crippen LogP) is 2.41. The Hall–Kier alpha value is -2.54. The third kappa shape index (κ3) is 3.13. The number of ether oxygens (including phenoxy) is 3. The highest BCUT2D eigenvalue weighted by Crippen LogP contribution is 2.39. The first-order valence-corrected chi connectivity index (χ1v) is 9.66. The van der Waals surface area contributed by atoms with Crippen LogP contribution in [-0.4, -0.2) is 48.0 Å². The van der Waals surface area contributed by atoms with Crippen LogP contribution in [0.4, 0.5) is 0 Å². The van der Waals surface area contributed by atoms with E-state index in [2.05, 4.69) is 5.10 Å². The zero-order valence-electron chi connectivity index (χ0n) is 16.9. The van der Waals surface area contributed by atoms with E-state index in [1.54, 1.807) is 14.2 Å². The van der Waals surface area contributed by atoms with E-state index in [9.17, 15) is 4.79 Å². The van der Waals surface area contributed by atoms with Crippen molar-refractivity contribution in [1.82, 2.24) is 14.7 Å². The summed E-state index contributed by atoms with van der Waals surface area (Å²) in [5.74, 6) is 1.43. The number of rotatable bonds is 4. The van der Waals surface area contributed by atoms with Crippen molar-refractivity contribution in [3.8, 4) is 11.5 Å². The molecule has 2 aromatic rings. The molecule has 0 aliphatic carbocycles. The molecule has 1 fully saturated rings. The van der Waals surface area contributed by atoms with Crippen LogP contribution in [0.25, 0.3) is 0 Å². The highest BCUT2D eigenvalue weighted by atomic mass is 16.5. The number of aromatic nitrogens is 2. The first-order chi connectivity index (χ1) is 13.5. The summed E-state index contributed by atoms with van der Waals surface area (Å²) in [6.45, 7) is 3.91. The number of hydrogen-bond donors (Lipinski definition) is 0. The quantitative estimate of drug-likeness (QED) is 0.809. The largest absolute Gasteiger partial charge is 0.493 e. The molecule has 1 aromatic carbocycles. The zero-order chi connectivity index (χ0) is 19.8. The Labute approximate surface area is 165 Å². The molecule has 0 bridgehead atoms. The van der Waals surface area contributed by atoms with Crippen molar-refractivity contribution < 1.29 is 19.0 Å². The van der Waals surface area contributed by atoms with E-state index in [1.807, 2.05) is 41.9 Å². The highest BCUT2D eigenvalue weighted by Gasteiger charge is 2.39. The Kier molecular flexibility index (Phi) is 5.02. The molecule has 1 aromatic heterocycles. The second kappa shape index (κ2) is 7.47. The lowest BCUT2D eigenvalue weighted by molar-refractivity contribution is -0.138. The van der Waals surface area contributed by atoms with Gasteiger partial charge in [0, 0.05) is 38.0 Å². The average molecular weight is 385 g/mol. The van der Waals surface area contributed by atoms with Crippen LogP contribution in [0.2, 0.25) is 0 Å². The third-order valence-corrected chi connectivity index (χ3v) is 6.02. The van der Waals surface area contributed by atoms with E-state index in [4.69, 9.17) is 14.2 Å². The molecule has 2 aliphatic heterocycles. The Morgan fingerprint density at radius 3 is 2.57 bits per heavy atom. The van der Waals surface area contributed by atoms with Gasteiger partial charge in [-0.15, -0.1) is 0 Å². The molecule has 1 saturated heterocycles. The highest BCUT2D eigenvalue weighted by molar-refractivity contribution is 5.80. The fourth-order valence-electron chi connectivity index (χ4n) is 4.25. The predicted molar refractivity (Wildman–Crippen MR) is 103 cm³/mol. The van der Waals surface area contributed by atoms with Gasteiger partial charge in [0.15, 0.2) is 11.5 Å². The Morgan fingerprint density at radius 1 is 1.21 bits per heavy atom. The molecule has 4 rings (SSSR count). The topological polar surface area (TPSA) is 65.8 Å². The number of carbonyl (C=O) groups is 1. The zero-order valence-corrected chi connectivity index (χ0v) is 16.9. The summed E-state index contributed by atoms with van der Waals surface area (Å²) >= 11 is 0. The van der Waals surface area contributed by atoms with E-state index in [0.717, 1.165) is 35.4 Å². The molecule has 3 heterocycles. The standard InChI is InChI=1S/C21H27N3O4/c1-13-17(11-22-23(13)2)20-16(6-8-28-20)21(25)24-7-5-14-9-18(26-3)19(27-4)10-15(14)12-24/h9-11,16,20H,5-8,12H2,1-4H3/t16-,20-/m0/s1. The van der Waals surface area contributed by atoms with Crippen molar-refractivity contribution >= 4 is 5.91 Å². The molecule has 7 heteroatoms. The lowest BCUT2D eigenvalue weighted by Gasteiger charge is -2.32. The van der Waals surface area contributed by atoms with Gasteiger partial charge in [0.05, 0.1) is 32.4 Å². The second-order valence-corrected chi connectivity index (χ2v) is 7.48. The number of methoxy groups -OCH3 is 2. The van der Waals surface area contributed by atoms with Crippen LogP contribution in [0.3, 0.4) is 0 Å². The van der Waals surface area contributed by atoms with E-state index >= 15 is 0 Å². The first-order valence-electron chi connectivity index (χ1n) is 9.66. The van der Waals surface area contributed by atoms with Gasteiger partial charge in [0.2, 0.25) is 5.91 Å². The summed E-state index contributed by atoms with van der Waals surface area (Å²) in [6.07, 6.45) is 3.17. The molecule has 28 heavy (non-hydrogen) atoms.